The maximum atomic E-state index is 4.11. The molecule has 0 unspecified atom stereocenters. The molecule has 1 N–H and O–H groups in total. The highest BCUT2D eigenvalue weighted by Gasteiger charge is 1.95. The van der Waals surface area contributed by atoms with Crippen LogP contribution in [0.3, 0.4) is 0 Å². The third kappa shape index (κ3) is 4.30. The first-order chi connectivity index (χ1) is 8.34. The molecule has 1 aromatic heterocycles. The van der Waals surface area contributed by atoms with Gasteiger partial charge in [0.15, 0.2) is 0 Å². The number of aryl methyl sites for hydroxylation is 1. The largest absolute Gasteiger partial charge is 0.354 e. The summed E-state index contributed by atoms with van der Waals surface area (Å²) in [7, 11) is 0. The monoisotopic (exact) mass is 339 g/mol. The Bertz CT molecular complexity index is 442. The van der Waals surface area contributed by atoms with E-state index in [0.717, 1.165) is 19.4 Å². The van der Waals surface area contributed by atoms with Crippen LogP contribution >= 0.6 is 22.6 Å². The van der Waals surface area contributed by atoms with Crippen molar-refractivity contribution in [3.63, 3.8) is 0 Å². The highest BCUT2D eigenvalue weighted by Crippen LogP contribution is 2.08. The van der Waals surface area contributed by atoms with E-state index in [1.807, 2.05) is 6.07 Å². The molecule has 0 aliphatic rings. The van der Waals surface area contributed by atoms with Crippen molar-refractivity contribution >= 4 is 28.5 Å². The average molecular weight is 339 g/mol. The minimum Gasteiger partial charge on any atom is -0.354 e. The summed E-state index contributed by atoms with van der Waals surface area (Å²) >= 11 is 2.32. The van der Waals surface area contributed by atoms with Crippen LogP contribution in [0.5, 0.6) is 0 Å². The topological polar surface area (TPSA) is 37.8 Å². The maximum Gasteiger partial charge on any atom is 0.222 e. The van der Waals surface area contributed by atoms with Crippen LogP contribution in [0.25, 0.3) is 0 Å². The predicted molar refractivity (Wildman–Crippen MR) is 78.0 cm³/mol. The van der Waals surface area contributed by atoms with Crippen molar-refractivity contribution in [3.05, 3.63) is 51.9 Å². The molecule has 0 atom stereocenters. The smallest absolute Gasteiger partial charge is 0.222 e. The zero-order valence-corrected chi connectivity index (χ0v) is 11.6. The second kappa shape index (κ2) is 6.54. The molecule has 0 fully saturated rings. The molecule has 0 aliphatic heterocycles. The van der Waals surface area contributed by atoms with Crippen molar-refractivity contribution < 1.29 is 0 Å². The molecule has 0 aliphatic carbocycles. The van der Waals surface area contributed by atoms with Gasteiger partial charge >= 0.3 is 0 Å². The Kier molecular flexibility index (Phi) is 4.73. The Morgan fingerprint density at radius 1 is 1.06 bits per heavy atom. The number of nitrogens with zero attached hydrogens (tertiary/aromatic N) is 2. The molecule has 0 radical (unpaired) electrons. The highest BCUT2D eigenvalue weighted by atomic mass is 127. The molecule has 0 spiro atoms. The number of hydrogen-bond acceptors (Lipinski definition) is 3. The van der Waals surface area contributed by atoms with Gasteiger partial charge in [0.25, 0.3) is 0 Å². The molecule has 1 aromatic carbocycles. The summed E-state index contributed by atoms with van der Waals surface area (Å²) in [5.74, 6) is 0.704. The van der Waals surface area contributed by atoms with E-state index in [1.54, 1.807) is 12.4 Å². The second-order valence-corrected chi connectivity index (χ2v) is 4.97. The summed E-state index contributed by atoms with van der Waals surface area (Å²) in [4.78, 5) is 8.22. The first kappa shape index (κ1) is 12.3. The predicted octanol–water partition coefficient (Wildman–Crippen LogP) is 3.13. The molecule has 0 bridgehead atoms. The summed E-state index contributed by atoms with van der Waals surface area (Å²) < 4.78 is 1.28. The minimum atomic E-state index is 0.704. The third-order valence-corrected chi connectivity index (χ3v) is 3.12. The lowest BCUT2D eigenvalue weighted by atomic mass is 10.1. The van der Waals surface area contributed by atoms with Gasteiger partial charge in [-0.15, -0.1) is 0 Å². The van der Waals surface area contributed by atoms with Crippen LogP contribution in [0, 0.1) is 3.57 Å². The molecule has 2 rings (SSSR count). The van der Waals surface area contributed by atoms with Gasteiger partial charge in [-0.2, -0.15) is 0 Å². The van der Waals surface area contributed by atoms with Crippen molar-refractivity contribution in [2.45, 2.75) is 12.8 Å². The van der Waals surface area contributed by atoms with Crippen LogP contribution in [0.4, 0.5) is 5.95 Å². The van der Waals surface area contributed by atoms with E-state index in [-0.39, 0.29) is 0 Å². The third-order valence-electron chi connectivity index (χ3n) is 2.40. The summed E-state index contributed by atoms with van der Waals surface area (Å²) in [6, 6.07) is 10.5. The molecule has 2 aromatic rings. The second-order valence-electron chi connectivity index (χ2n) is 3.73. The molecule has 0 amide bonds. The van der Waals surface area contributed by atoms with Crippen LogP contribution in [0.15, 0.2) is 42.7 Å². The zero-order chi connectivity index (χ0) is 11.9. The SMILES string of the molecule is Ic1ccc(CCCNc2ncccn2)cc1. The molecule has 1 heterocycles. The lowest BCUT2D eigenvalue weighted by Crippen LogP contribution is -2.05. The molecule has 3 nitrogen and oxygen atoms in total. The Labute approximate surface area is 115 Å². The van der Waals surface area contributed by atoms with Crippen molar-refractivity contribution in [3.8, 4) is 0 Å². The van der Waals surface area contributed by atoms with E-state index in [2.05, 4.69) is 62.1 Å². The number of rotatable bonds is 5. The van der Waals surface area contributed by atoms with Gasteiger partial charge < -0.3 is 5.32 Å². The molecule has 88 valence electrons. The standard InChI is InChI=1S/C13H14IN3/c14-12-6-4-11(5-7-12)3-1-8-15-13-16-9-2-10-17-13/h2,4-7,9-10H,1,3,8H2,(H,15,16,17). The number of anilines is 1. The Morgan fingerprint density at radius 2 is 1.76 bits per heavy atom. The van der Waals surface area contributed by atoms with Crippen LogP contribution in [0.2, 0.25) is 0 Å². The van der Waals surface area contributed by atoms with E-state index in [1.165, 1.54) is 9.13 Å². The van der Waals surface area contributed by atoms with E-state index in [0.29, 0.717) is 5.95 Å². The van der Waals surface area contributed by atoms with Gasteiger partial charge in [-0.05, 0) is 59.2 Å². The number of halogens is 1. The zero-order valence-electron chi connectivity index (χ0n) is 9.44. The Balaban J connectivity index is 1.71. The molecule has 17 heavy (non-hydrogen) atoms. The lowest BCUT2D eigenvalue weighted by Gasteiger charge is -2.04. The summed E-state index contributed by atoms with van der Waals surface area (Å²) in [6.45, 7) is 0.899. The van der Waals surface area contributed by atoms with Gasteiger partial charge in [0, 0.05) is 22.5 Å². The first-order valence-corrected chi connectivity index (χ1v) is 6.68. The quantitative estimate of drug-likeness (QED) is 0.672. The van der Waals surface area contributed by atoms with Crippen molar-refractivity contribution in [1.82, 2.24) is 9.97 Å². The Hall–Kier alpha value is -1.17. The summed E-state index contributed by atoms with van der Waals surface area (Å²) in [5, 5.41) is 3.20. The average Bonchev–Trinajstić information content (AvgIpc) is 2.38. The molecule has 4 heteroatoms. The molecule has 0 saturated heterocycles. The number of aromatic nitrogens is 2. The van der Waals surface area contributed by atoms with E-state index < -0.39 is 0 Å². The van der Waals surface area contributed by atoms with Crippen LogP contribution in [-0.2, 0) is 6.42 Å². The fraction of sp³-hybridized carbons (Fsp3) is 0.231. The maximum absolute atomic E-state index is 4.11. The minimum absolute atomic E-state index is 0.704. The van der Waals surface area contributed by atoms with E-state index in [9.17, 15) is 0 Å². The van der Waals surface area contributed by atoms with Crippen LogP contribution in [-0.4, -0.2) is 16.5 Å². The van der Waals surface area contributed by atoms with Crippen LogP contribution < -0.4 is 5.32 Å². The summed E-state index contributed by atoms with van der Waals surface area (Å²) in [6.07, 6.45) is 5.65. The van der Waals surface area contributed by atoms with Gasteiger partial charge in [0.2, 0.25) is 5.95 Å². The lowest BCUT2D eigenvalue weighted by molar-refractivity contribution is 0.852. The van der Waals surface area contributed by atoms with E-state index in [4.69, 9.17) is 0 Å². The molecule has 0 saturated carbocycles. The normalized spacial score (nSPS) is 10.2. The van der Waals surface area contributed by atoms with Crippen molar-refractivity contribution in [1.29, 1.82) is 0 Å². The van der Waals surface area contributed by atoms with Gasteiger partial charge in [0.1, 0.15) is 0 Å². The Morgan fingerprint density at radius 3 is 2.47 bits per heavy atom. The number of benzene rings is 1. The van der Waals surface area contributed by atoms with Crippen LogP contribution in [0.1, 0.15) is 12.0 Å². The molecular weight excluding hydrogens is 325 g/mol. The van der Waals surface area contributed by atoms with Gasteiger partial charge in [-0.1, -0.05) is 12.1 Å². The highest BCUT2D eigenvalue weighted by molar-refractivity contribution is 14.1. The van der Waals surface area contributed by atoms with Crippen molar-refractivity contribution in [2.75, 3.05) is 11.9 Å². The summed E-state index contributed by atoms with van der Waals surface area (Å²) in [5.41, 5.74) is 1.38. The van der Waals surface area contributed by atoms with Gasteiger partial charge in [-0.3, -0.25) is 0 Å². The first-order valence-electron chi connectivity index (χ1n) is 5.60. The van der Waals surface area contributed by atoms with E-state index >= 15 is 0 Å². The number of hydrogen-bond donors (Lipinski definition) is 1. The van der Waals surface area contributed by atoms with Gasteiger partial charge in [0.05, 0.1) is 0 Å². The number of nitrogens with one attached hydrogen (secondary N) is 1. The fourth-order valence-corrected chi connectivity index (χ4v) is 1.89. The molecular formula is C13H14IN3. The van der Waals surface area contributed by atoms with Crippen molar-refractivity contribution in [2.24, 2.45) is 0 Å². The fourth-order valence-electron chi connectivity index (χ4n) is 1.53. The van der Waals surface area contributed by atoms with Gasteiger partial charge in [-0.25, -0.2) is 9.97 Å².